The zero-order chi connectivity index (χ0) is 10.7. The Morgan fingerprint density at radius 2 is 2.21 bits per heavy atom. The lowest BCUT2D eigenvalue weighted by Gasteiger charge is -2.07. The Kier molecular flexibility index (Phi) is 3.96. The third-order valence-electron chi connectivity index (χ3n) is 1.96. The number of ether oxygens (including phenoxy) is 1. The topological polar surface area (TPSA) is 26.3 Å². The predicted molar refractivity (Wildman–Crippen MR) is 60.2 cm³/mol. The van der Waals surface area contributed by atoms with Crippen molar-refractivity contribution in [2.24, 2.45) is 0 Å². The molecule has 0 aliphatic carbocycles. The molecular formula is C10H10BrClO2. The maximum absolute atomic E-state index is 11.4. The Balaban J connectivity index is 3.27. The Hall–Kier alpha value is -0.540. The normalized spacial score (nSPS) is 10.0. The van der Waals surface area contributed by atoms with Crippen LogP contribution in [0.1, 0.15) is 21.5 Å². The van der Waals surface area contributed by atoms with Crippen LogP contribution in [-0.4, -0.2) is 13.1 Å². The summed E-state index contributed by atoms with van der Waals surface area (Å²) in [6, 6.07) is 3.61. The number of carbonyl (C=O) groups excluding carboxylic acids is 1. The van der Waals surface area contributed by atoms with Crippen LogP contribution >= 0.6 is 27.5 Å². The number of rotatable bonds is 2. The Morgan fingerprint density at radius 1 is 1.57 bits per heavy atom. The lowest BCUT2D eigenvalue weighted by molar-refractivity contribution is 0.0600. The van der Waals surface area contributed by atoms with Crippen molar-refractivity contribution in [2.45, 2.75) is 12.3 Å². The van der Waals surface area contributed by atoms with E-state index in [0.29, 0.717) is 15.9 Å². The zero-order valence-electron chi connectivity index (χ0n) is 7.93. The Bertz CT molecular complexity index is 363. The second-order valence-electron chi connectivity index (χ2n) is 2.88. The molecule has 1 rings (SSSR count). The number of benzene rings is 1. The lowest BCUT2D eigenvalue weighted by atomic mass is 10.1. The fourth-order valence-corrected chi connectivity index (χ4v) is 1.70. The average Bonchev–Trinajstić information content (AvgIpc) is 2.20. The van der Waals surface area contributed by atoms with E-state index in [0.717, 1.165) is 11.1 Å². The third kappa shape index (κ3) is 2.28. The van der Waals surface area contributed by atoms with Crippen LogP contribution in [0.2, 0.25) is 5.02 Å². The van der Waals surface area contributed by atoms with Gasteiger partial charge < -0.3 is 4.74 Å². The molecule has 0 saturated heterocycles. The van der Waals surface area contributed by atoms with E-state index in [-0.39, 0.29) is 5.97 Å². The minimum atomic E-state index is -0.354. The van der Waals surface area contributed by atoms with Crippen molar-refractivity contribution in [1.29, 1.82) is 0 Å². The molecule has 0 aromatic heterocycles. The molecule has 0 atom stereocenters. The highest BCUT2D eigenvalue weighted by Crippen LogP contribution is 2.23. The first-order valence-corrected chi connectivity index (χ1v) is 5.53. The minimum absolute atomic E-state index is 0.354. The molecule has 0 bridgehead atoms. The van der Waals surface area contributed by atoms with Crippen LogP contribution in [0.25, 0.3) is 0 Å². The van der Waals surface area contributed by atoms with Gasteiger partial charge in [0.1, 0.15) is 0 Å². The number of methoxy groups -OCH3 is 1. The number of hydrogen-bond acceptors (Lipinski definition) is 2. The van der Waals surface area contributed by atoms with Crippen LogP contribution in [-0.2, 0) is 10.1 Å². The highest BCUT2D eigenvalue weighted by molar-refractivity contribution is 9.08. The summed E-state index contributed by atoms with van der Waals surface area (Å²) < 4.78 is 4.66. The monoisotopic (exact) mass is 276 g/mol. The summed E-state index contributed by atoms with van der Waals surface area (Å²) in [7, 11) is 1.36. The molecule has 14 heavy (non-hydrogen) atoms. The minimum Gasteiger partial charge on any atom is -0.465 e. The summed E-state index contributed by atoms with van der Waals surface area (Å²) in [6.45, 7) is 1.80. The molecule has 0 unspecified atom stereocenters. The summed E-state index contributed by atoms with van der Waals surface area (Å²) in [6.07, 6.45) is 0. The van der Waals surface area contributed by atoms with Crippen molar-refractivity contribution in [3.05, 3.63) is 33.8 Å². The van der Waals surface area contributed by atoms with Crippen LogP contribution in [0.15, 0.2) is 12.1 Å². The van der Waals surface area contributed by atoms with E-state index in [9.17, 15) is 4.79 Å². The van der Waals surface area contributed by atoms with Gasteiger partial charge in [0, 0.05) is 10.4 Å². The van der Waals surface area contributed by atoms with Crippen molar-refractivity contribution in [2.75, 3.05) is 7.11 Å². The molecule has 4 heteroatoms. The number of halogens is 2. The zero-order valence-corrected chi connectivity index (χ0v) is 10.3. The smallest absolute Gasteiger partial charge is 0.338 e. The Labute approximate surface area is 96.3 Å². The maximum Gasteiger partial charge on any atom is 0.338 e. The summed E-state index contributed by atoms with van der Waals surface area (Å²) in [5.74, 6) is -0.354. The van der Waals surface area contributed by atoms with Gasteiger partial charge in [-0.15, -0.1) is 0 Å². The average molecular weight is 278 g/mol. The van der Waals surface area contributed by atoms with E-state index in [2.05, 4.69) is 20.7 Å². The fourth-order valence-electron chi connectivity index (χ4n) is 1.13. The van der Waals surface area contributed by atoms with Crippen molar-refractivity contribution < 1.29 is 9.53 Å². The molecule has 0 radical (unpaired) electrons. The third-order valence-corrected chi connectivity index (χ3v) is 3.00. The van der Waals surface area contributed by atoms with E-state index < -0.39 is 0 Å². The van der Waals surface area contributed by atoms with Gasteiger partial charge in [-0.1, -0.05) is 27.5 Å². The second kappa shape index (κ2) is 4.80. The largest absolute Gasteiger partial charge is 0.465 e. The number of carbonyl (C=O) groups is 1. The van der Waals surface area contributed by atoms with Gasteiger partial charge in [0.2, 0.25) is 0 Å². The van der Waals surface area contributed by atoms with Crippen LogP contribution in [0, 0.1) is 6.92 Å². The van der Waals surface area contributed by atoms with Crippen LogP contribution in [0.5, 0.6) is 0 Å². The van der Waals surface area contributed by atoms with E-state index in [1.807, 2.05) is 6.07 Å². The quantitative estimate of drug-likeness (QED) is 0.612. The number of esters is 1. The van der Waals surface area contributed by atoms with E-state index in [1.165, 1.54) is 7.11 Å². The fraction of sp³-hybridized carbons (Fsp3) is 0.300. The molecule has 0 N–H and O–H groups in total. The number of hydrogen-bond donors (Lipinski definition) is 0. The summed E-state index contributed by atoms with van der Waals surface area (Å²) >= 11 is 9.28. The molecular weight excluding hydrogens is 267 g/mol. The highest BCUT2D eigenvalue weighted by atomic mass is 79.9. The standard InChI is InChI=1S/C10H10BrClO2/c1-6-8(10(13)14-2)3-7(5-11)4-9(6)12/h3-4H,5H2,1-2H3. The number of alkyl halides is 1. The molecule has 1 aromatic carbocycles. The van der Waals surface area contributed by atoms with Crippen molar-refractivity contribution in [1.82, 2.24) is 0 Å². The molecule has 1 aromatic rings. The summed E-state index contributed by atoms with van der Waals surface area (Å²) in [5.41, 5.74) is 2.23. The van der Waals surface area contributed by atoms with Gasteiger partial charge in [0.15, 0.2) is 0 Å². The van der Waals surface area contributed by atoms with Crippen molar-refractivity contribution in [3.8, 4) is 0 Å². The van der Waals surface area contributed by atoms with E-state index in [1.54, 1.807) is 13.0 Å². The van der Waals surface area contributed by atoms with Crippen LogP contribution < -0.4 is 0 Å². The van der Waals surface area contributed by atoms with Gasteiger partial charge >= 0.3 is 5.97 Å². The lowest BCUT2D eigenvalue weighted by Crippen LogP contribution is -2.04. The van der Waals surface area contributed by atoms with E-state index >= 15 is 0 Å². The molecule has 0 spiro atoms. The summed E-state index contributed by atoms with van der Waals surface area (Å²) in [5, 5.41) is 1.25. The van der Waals surface area contributed by atoms with Gasteiger partial charge in [-0.2, -0.15) is 0 Å². The molecule has 76 valence electrons. The summed E-state index contributed by atoms with van der Waals surface area (Å²) in [4.78, 5) is 11.4. The van der Waals surface area contributed by atoms with Gasteiger partial charge in [0.25, 0.3) is 0 Å². The molecule has 0 amide bonds. The molecule has 0 aliphatic heterocycles. The maximum atomic E-state index is 11.4. The first-order valence-electron chi connectivity index (χ1n) is 4.03. The second-order valence-corrected chi connectivity index (χ2v) is 3.84. The molecule has 0 aliphatic rings. The first kappa shape index (κ1) is 11.5. The van der Waals surface area contributed by atoms with Gasteiger partial charge in [-0.05, 0) is 30.2 Å². The van der Waals surface area contributed by atoms with Gasteiger partial charge in [-0.3, -0.25) is 0 Å². The molecule has 0 heterocycles. The Morgan fingerprint density at radius 3 is 2.71 bits per heavy atom. The highest BCUT2D eigenvalue weighted by Gasteiger charge is 2.12. The van der Waals surface area contributed by atoms with E-state index in [4.69, 9.17) is 11.6 Å². The van der Waals surface area contributed by atoms with Crippen molar-refractivity contribution >= 4 is 33.5 Å². The molecule has 0 saturated carbocycles. The van der Waals surface area contributed by atoms with Gasteiger partial charge in [0.05, 0.1) is 12.7 Å². The molecule has 0 fully saturated rings. The predicted octanol–water partition coefficient (Wildman–Crippen LogP) is 3.33. The van der Waals surface area contributed by atoms with Crippen molar-refractivity contribution in [3.63, 3.8) is 0 Å². The van der Waals surface area contributed by atoms with Gasteiger partial charge in [-0.25, -0.2) is 4.79 Å². The van der Waals surface area contributed by atoms with Crippen LogP contribution in [0.4, 0.5) is 0 Å². The van der Waals surface area contributed by atoms with Crippen LogP contribution in [0.3, 0.4) is 0 Å². The molecule has 2 nitrogen and oxygen atoms in total. The first-order chi connectivity index (χ1) is 6.60. The SMILES string of the molecule is COC(=O)c1cc(CBr)cc(Cl)c1C.